The number of nitrogens with one attached hydrogen (secondary N) is 2. The molecule has 8 nitrogen and oxygen atoms in total. The topological polar surface area (TPSA) is 91.1 Å². The summed E-state index contributed by atoms with van der Waals surface area (Å²) in [5, 5.41) is 15.5. The Morgan fingerprint density at radius 3 is 2.73 bits per heavy atom. The second-order valence-electron chi connectivity index (χ2n) is 6.53. The van der Waals surface area contributed by atoms with Gasteiger partial charge in [-0.3, -0.25) is 0 Å². The van der Waals surface area contributed by atoms with Crippen LogP contribution in [-0.2, 0) is 0 Å². The van der Waals surface area contributed by atoms with Gasteiger partial charge in [-0.1, -0.05) is 6.07 Å². The number of nitrogens with zero attached hydrogens (tertiary/aromatic N) is 5. The van der Waals surface area contributed by atoms with E-state index in [9.17, 15) is 0 Å². The van der Waals surface area contributed by atoms with Gasteiger partial charge in [-0.15, -0.1) is 0 Å². The average molecular weight is 355 g/mol. The van der Waals surface area contributed by atoms with Crippen LogP contribution in [0.5, 0.6) is 0 Å². The summed E-state index contributed by atoms with van der Waals surface area (Å²) in [7, 11) is 4.00. The summed E-state index contributed by atoms with van der Waals surface area (Å²) in [5.41, 5.74) is 3.43. The minimum atomic E-state index is 0.0179. The molecule has 3 N–H and O–H groups in total. The Kier molecular flexibility index (Phi) is 5.22. The molecule has 0 aliphatic heterocycles. The van der Waals surface area contributed by atoms with Crippen molar-refractivity contribution in [1.82, 2.24) is 19.5 Å². The summed E-state index contributed by atoms with van der Waals surface area (Å²) in [6, 6.07) is 8.26. The van der Waals surface area contributed by atoms with Gasteiger partial charge in [0.25, 0.3) is 0 Å². The number of hydrogen-bond acceptors (Lipinski definition) is 7. The molecule has 0 bridgehead atoms. The Bertz CT molecular complexity index is 888. The van der Waals surface area contributed by atoms with Crippen LogP contribution in [0.3, 0.4) is 0 Å². The summed E-state index contributed by atoms with van der Waals surface area (Å²) < 4.78 is 2.00. The van der Waals surface area contributed by atoms with Gasteiger partial charge in [-0.05, 0) is 32.0 Å². The van der Waals surface area contributed by atoms with Crippen LogP contribution < -0.4 is 15.5 Å². The highest BCUT2D eigenvalue weighted by Crippen LogP contribution is 2.25. The molecule has 0 saturated carbocycles. The van der Waals surface area contributed by atoms with Gasteiger partial charge in [-0.2, -0.15) is 9.97 Å². The van der Waals surface area contributed by atoms with Crippen molar-refractivity contribution in [2.24, 2.45) is 0 Å². The zero-order chi connectivity index (χ0) is 18.7. The van der Waals surface area contributed by atoms with E-state index in [4.69, 9.17) is 5.11 Å². The summed E-state index contributed by atoms with van der Waals surface area (Å²) in [6.07, 6.45) is 1.77. The third-order valence-electron chi connectivity index (χ3n) is 4.00. The molecule has 2 aromatic heterocycles. The highest BCUT2D eigenvalue weighted by Gasteiger charge is 2.15. The van der Waals surface area contributed by atoms with Crippen LogP contribution in [0.25, 0.3) is 11.2 Å². The number of aromatic nitrogens is 4. The van der Waals surface area contributed by atoms with Gasteiger partial charge in [0.1, 0.15) is 0 Å². The summed E-state index contributed by atoms with van der Waals surface area (Å²) in [5.74, 6) is 1.09. The minimum absolute atomic E-state index is 0.0179. The first-order chi connectivity index (χ1) is 12.5. The van der Waals surface area contributed by atoms with Crippen LogP contribution >= 0.6 is 0 Å². The molecule has 0 fully saturated rings. The molecule has 2 heterocycles. The second-order valence-corrected chi connectivity index (χ2v) is 6.53. The lowest BCUT2D eigenvalue weighted by atomic mass is 10.2. The van der Waals surface area contributed by atoms with Crippen molar-refractivity contribution in [1.29, 1.82) is 0 Å². The maximum absolute atomic E-state index is 9.13. The lowest BCUT2D eigenvalue weighted by Gasteiger charge is -2.15. The number of anilines is 4. The van der Waals surface area contributed by atoms with E-state index in [1.807, 2.05) is 47.8 Å². The summed E-state index contributed by atoms with van der Waals surface area (Å²) >= 11 is 0. The van der Waals surface area contributed by atoms with E-state index < -0.39 is 0 Å². The lowest BCUT2D eigenvalue weighted by Crippen LogP contribution is -2.11. The zero-order valence-electron chi connectivity index (χ0n) is 15.6. The van der Waals surface area contributed by atoms with Crippen molar-refractivity contribution < 1.29 is 5.11 Å². The standard InChI is InChI=1S/C18H25N7O/c1-12(2)25-11-20-15-16(19-8-9-26)22-18(23-17(15)25)21-13-6-5-7-14(10-13)24(3)4/h5-7,10-12,26H,8-9H2,1-4H3,(H2,19,21,22,23). The quantitative estimate of drug-likeness (QED) is 0.600. The molecule has 0 atom stereocenters. The molecular weight excluding hydrogens is 330 g/mol. The molecule has 0 unspecified atom stereocenters. The average Bonchev–Trinajstić information content (AvgIpc) is 3.04. The molecule has 138 valence electrons. The van der Waals surface area contributed by atoms with E-state index in [-0.39, 0.29) is 12.6 Å². The molecular formula is C18H25N7O. The maximum atomic E-state index is 9.13. The highest BCUT2D eigenvalue weighted by atomic mass is 16.3. The van der Waals surface area contributed by atoms with Gasteiger partial charge < -0.3 is 25.2 Å². The molecule has 3 aromatic rings. The van der Waals surface area contributed by atoms with Crippen LogP contribution in [-0.4, -0.2) is 51.9 Å². The van der Waals surface area contributed by atoms with E-state index in [2.05, 4.69) is 39.4 Å². The minimum Gasteiger partial charge on any atom is -0.395 e. The Balaban J connectivity index is 2.02. The van der Waals surface area contributed by atoms with Crippen LogP contribution in [0.15, 0.2) is 30.6 Å². The molecule has 0 spiro atoms. The molecule has 26 heavy (non-hydrogen) atoms. The van der Waals surface area contributed by atoms with Gasteiger partial charge in [0, 0.05) is 38.1 Å². The van der Waals surface area contributed by atoms with Crippen LogP contribution in [0, 0.1) is 0 Å². The number of aliphatic hydroxyl groups is 1. The summed E-state index contributed by atoms with van der Waals surface area (Å²) in [6.45, 7) is 4.58. The molecule has 0 aliphatic carbocycles. The Morgan fingerprint density at radius 2 is 2.04 bits per heavy atom. The molecule has 0 saturated heterocycles. The number of hydrogen-bond donors (Lipinski definition) is 3. The van der Waals surface area contributed by atoms with Crippen molar-refractivity contribution >= 4 is 34.3 Å². The van der Waals surface area contributed by atoms with E-state index in [1.165, 1.54) is 0 Å². The van der Waals surface area contributed by atoms with Crippen LogP contribution in [0.1, 0.15) is 19.9 Å². The van der Waals surface area contributed by atoms with E-state index in [0.717, 1.165) is 17.0 Å². The van der Waals surface area contributed by atoms with Crippen molar-refractivity contribution in [3.8, 4) is 0 Å². The van der Waals surface area contributed by atoms with Crippen molar-refractivity contribution in [2.45, 2.75) is 19.9 Å². The molecule has 1 aromatic carbocycles. The zero-order valence-corrected chi connectivity index (χ0v) is 15.6. The summed E-state index contributed by atoms with van der Waals surface area (Å²) in [4.78, 5) is 15.7. The predicted molar refractivity (Wildman–Crippen MR) is 105 cm³/mol. The predicted octanol–water partition coefficient (Wildman–Crippen LogP) is 2.62. The Hall–Kier alpha value is -2.87. The smallest absolute Gasteiger partial charge is 0.231 e. The number of imidazole rings is 1. The first kappa shape index (κ1) is 17.9. The van der Waals surface area contributed by atoms with E-state index >= 15 is 0 Å². The first-order valence-corrected chi connectivity index (χ1v) is 8.63. The fourth-order valence-electron chi connectivity index (χ4n) is 2.64. The normalized spacial score (nSPS) is 11.2. The number of aliphatic hydroxyl groups excluding tert-OH is 1. The monoisotopic (exact) mass is 355 g/mol. The number of fused-ring (bicyclic) bond motifs is 1. The second kappa shape index (κ2) is 7.57. The van der Waals surface area contributed by atoms with Gasteiger partial charge in [-0.25, -0.2) is 4.98 Å². The molecule has 0 aliphatic rings. The fraction of sp³-hybridized carbons (Fsp3) is 0.389. The first-order valence-electron chi connectivity index (χ1n) is 8.63. The van der Waals surface area contributed by atoms with Crippen molar-refractivity contribution in [2.75, 3.05) is 42.8 Å². The molecule has 8 heteroatoms. The van der Waals surface area contributed by atoms with Gasteiger partial charge in [0.15, 0.2) is 17.0 Å². The third-order valence-corrected chi connectivity index (χ3v) is 4.00. The fourth-order valence-corrected chi connectivity index (χ4v) is 2.64. The Morgan fingerprint density at radius 1 is 1.23 bits per heavy atom. The molecule has 0 amide bonds. The SMILES string of the molecule is CC(C)n1cnc2c(NCCO)nc(Nc3cccc(N(C)C)c3)nc21. The number of benzene rings is 1. The van der Waals surface area contributed by atoms with Gasteiger partial charge in [0.05, 0.1) is 12.9 Å². The largest absolute Gasteiger partial charge is 0.395 e. The lowest BCUT2D eigenvalue weighted by molar-refractivity contribution is 0.311. The molecule has 0 radical (unpaired) electrons. The van der Waals surface area contributed by atoms with E-state index in [1.54, 1.807) is 6.33 Å². The van der Waals surface area contributed by atoms with Crippen LogP contribution in [0.4, 0.5) is 23.1 Å². The van der Waals surface area contributed by atoms with Gasteiger partial charge in [0.2, 0.25) is 5.95 Å². The van der Waals surface area contributed by atoms with Crippen molar-refractivity contribution in [3.63, 3.8) is 0 Å². The van der Waals surface area contributed by atoms with Gasteiger partial charge >= 0.3 is 0 Å². The highest BCUT2D eigenvalue weighted by molar-refractivity contribution is 5.85. The molecule has 3 rings (SSSR count). The van der Waals surface area contributed by atoms with Crippen molar-refractivity contribution in [3.05, 3.63) is 30.6 Å². The van der Waals surface area contributed by atoms with E-state index in [0.29, 0.717) is 23.8 Å². The number of rotatable bonds is 7. The maximum Gasteiger partial charge on any atom is 0.231 e. The Labute approximate surface area is 152 Å². The van der Waals surface area contributed by atoms with Crippen LogP contribution in [0.2, 0.25) is 0 Å². The third kappa shape index (κ3) is 3.70.